The van der Waals surface area contributed by atoms with Gasteiger partial charge in [-0.05, 0) is 73.4 Å². The lowest BCUT2D eigenvalue weighted by molar-refractivity contribution is 0.0926. The van der Waals surface area contributed by atoms with E-state index in [9.17, 15) is 9.59 Å². The molecular weight excluding hydrogens is 350 g/mol. The van der Waals surface area contributed by atoms with Crippen LogP contribution < -0.4 is 9.64 Å². The maximum atomic E-state index is 13.0. The molecule has 0 atom stereocenters. The summed E-state index contributed by atoms with van der Waals surface area (Å²) in [7, 11) is 0. The summed E-state index contributed by atoms with van der Waals surface area (Å²) in [6, 6.07) is 18.4. The second-order valence-corrected chi connectivity index (χ2v) is 6.98. The van der Waals surface area contributed by atoms with Gasteiger partial charge in [-0.15, -0.1) is 0 Å². The molecule has 1 aliphatic rings. The van der Waals surface area contributed by atoms with E-state index >= 15 is 0 Å². The van der Waals surface area contributed by atoms with Crippen molar-refractivity contribution in [3.05, 3.63) is 88.5 Å². The van der Waals surface area contributed by atoms with Gasteiger partial charge in [0.15, 0.2) is 0 Å². The zero-order valence-corrected chi connectivity index (χ0v) is 16.2. The van der Waals surface area contributed by atoms with Gasteiger partial charge in [0, 0.05) is 0 Å². The van der Waals surface area contributed by atoms with Gasteiger partial charge in [-0.1, -0.05) is 31.2 Å². The van der Waals surface area contributed by atoms with E-state index in [4.69, 9.17) is 4.74 Å². The molecule has 0 fully saturated rings. The highest BCUT2D eigenvalue weighted by atomic mass is 16.5. The summed E-state index contributed by atoms with van der Waals surface area (Å²) < 4.78 is 5.93. The summed E-state index contributed by atoms with van der Waals surface area (Å²) in [5.74, 6) is 0.631. The molecule has 0 aromatic heterocycles. The van der Waals surface area contributed by atoms with Gasteiger partial charge < -0.3 is 4.74 Å². The molecule has 0 saturated carbocycles. The first-order valence-electron chi connectivity index (χ1n) is 9.35. The summed E-state index contributed by atoms with van der Waals surface area (Å²) in [5.41, 5.74) is 4.71. The van der Waals surface area contributed by atoms with Crippen LogP contribution in [0, 0.1) is 13.8 Å². The molecule has 0 unspecified atom stereocenters. The van der Waals surface area contributed by atoms with Crippen LogP contribution in [0.3, 0.4) is 0 Å². The van der Waals surface area contributed by atoms with Crippen LogP contribution in [0.15, 0.2) is 60.7 Å². The van der Waals surface area contributed by atoms with Crippen molar-refractivity contribution >= 4 is 17.5 Å². The Balaban J connectivity index is 1.68. The lowest BCUT2D eigenvalue weighted by Gasteiger charge is -2.17. The molecule has 4 heteroatoms. The molecule has 3 aromatic rings. The quantitative estimate of drug-likeness (QED) is 0.572. The number of carbonyl (C=O) groups excluding carboxylic acids is 2. The van der Waals surface area contributed by atoms with Gasteiger partial charge in [0.2, 0.25) is 0 Å². The molecular formula is C24H21NO3. The molecule has 140 valence electrons. The highest BCUT2D eigenvalue weighted by molar-refractivity contribution is 6.34. The number of hydrogen-bond acceptors (Lipinski definition) is 3. The second kappa shape index (κ2) is 6.97. The Hall–Kier alpha value is -3.40. The molecule has 0 N–H and O–H groups in total. The van der Waals surface area contributed by atoms with E-state index in [0.717, 1.165) is 17.5 Å². The van der Waals surface area contributed by atoms with Gasteiger partial charge in [0.1, 0.15) is 11.5 Å². The van der Waals surface area contributed by atoms with Crippen molar-refractivity contribution in [3.63, 3.8) is 0 Å². The second-order valence-electron chi connectivity index (χ2n) is 6.98. The fourth-order valence-electron chi connectivity index (χ4n) is 3.44. The number of ether oxygens (including phenoxy) is 1. The monoisotopic (exact) mass is 371 g/mol. The number of hydrogen-bond donors (Lipinski definition) is 0. The molecule has 1 heterocycles. The van der Waals surface area contributed by atoms with Gasteiger partial charge in [0.25, 0.3) is 11.8 Å². The number of amides is 2. The van der Waals surface area contributed by atoms with Crippen LogP contribution in [0.2, 0.25) is 0 Å². The zero-order chi connectivity index (χ0) is 19.8. The number of para-hydroxylation sites is 1. The van der Waals surface area contributed by atoms with Crippen molar-refractivity contribution in [3.8, 4) is 11.5 Å². The highest BCUT2D eigenvalue weighted by Gasteiger charge is 2.37. The fraction of sp³-hybridized carbons (Fsp3) is 0.167. The predicted molar refractivity (Wildman–Crippen MR) is 109 cm³/mol. The Bertz CT molecular complexity index is 1100. The van der Waals surface area contributed by atoms with Crippen LogP contribution in [-0.2, 0) is 6.42 Å². The minimum absolute atomic E-state index is 0.293. The lowest BCUT2D eigenvalue weighted by atomic mass is 10.1. The Morgan fingerprint density at radius 1 is 0.786 bits per heavy atom. The normalized spacial score (nSPS) is 13.0. The third-order valence-corrected chi connectivity index (χ3v) is 5.19. The topological polar surface area (TPSA) is 46.6 Å². The standard InChI is InChI=1S/C24H21NO3/c1-4-17-7-5-6-8-22(17)25-23(26)20-12-11-19(14-21(20)24(25)27)28-18-10-9-15(2)16(3)13-18/h5-14H,4H2,1-3H3. The number of fused-ring (bicyclic) bond motifs is 1. The average Bonchev–Trinajstić information content (AvgIpc) is 2.95. The first kappa shape index (κ1) is 18.0. The van der Waals surface area contributed by atoms with Crippen LogP contribution in [0.25, 0.3) is 0 Å². The molecule has 0 saturated heterocycles. The number of carbonyl (C=O) groups is 2. The SMILES string of the molecule is CCc1ccccc1N1C(=O)c2ccc(Oc3ccc(C)c(C)c3)cc2C1=O. The smallest absolute Gasteiger partial charge is 0.266 e. The first-order chi connectivity index (χ1) is 13.5. The molecule has 2 amide bonds. The van der Waals surface area contributed by atoms with Crippen LogP contribution in [0.4, 0.5) is 5.69 Å². The van der Waals surface area contributed by atoms with Crippen LogP contribution in [0.1, 0.15) is 44.3 Å². The minimum atomic E-state index is -0.313. The average molecular weight is 371 g/mol. The van der Waals surface area contributed by atoms with E-state index in [1.807, 2.05) is 63.2 Å². The Morgan fingerprint density at radius 3 is 2.21 bits per heavy atom. The minimum Gasteiger partial charge on any atom is -0.457 e. The first-order valence-corrected chi connectivity index (χ1v) is 9.35. The molecule has 0 aliphatic carbocycles. The van der Waals surface area contributed by atoms with Crippen LogP contribution in [-0.4, -0.2) is 11.8 Å². The number of benzene rings is 3. The fourth-order valence-corrected chi connectivity index (χ4v) is 3.44. The van der Waals surface area contributed by atoms with Crippen molar-refractivity contribution in [2.45, 2.75) is 27.2 Å². The van der Waals surface area contributed by atoms with Crippen molar-refractivity contribution in [1.82, 2.24) is 0 Å². The number of imide groups is 1. The van der Waals surface area contributed by atoms with E-state index in [-0.39, 0.29) is 11.8 Å². The zero-order valence-electron chi connectivity index (χ0n) is 16.2. The van der Waals surface area contributed by atoms with Crippen molar-refractivity contribution in [1.29, 1.82) is 0 Å². The molecule has 3 aromatic carbocycles. The third-order valence-electron chi connectivity index (χ3n) is 5.19. The van der Waals surface area contributed by atoms with Crippen molar-refractivity contribution in [2.75, 3.05) is 4.90 Å². The number of rotatable bonds is 4. The maximum absolute atomic E-state index is 13.0. The number of anilines is 1. The van der Waals surface area contributed by atoms with E-state index in [1.54, 1.807) is 18.2 Å². The summed E-state index contributed by atoms with van der Waals surface area (Å²) in [6.07, 6.45) is 0.741. The predicted octanol–water partition coefficient (Wildman–Crippen LogP) is 5.46. The van der Waals surface area contributed by atoms with E-state index in [2.05, 4.69) is 0 Å². The van der Waals surface area contributed by atoms with Crippen molar-refractivity contribution < 1.29 is 14.3 Å². The van der Waals surface area contributed by atoms with Crippen LogP contribution >= 0.6 is 0 Å². The molecule has 0 bridgehead atoms. The molecule has 4 nitrogen and oxygen atoms in total. The maximum Gasteiger partial charge on any atom is 0.266 e. The van der Waals surface area contributed by atoms with Gasteiger partial charge in [-0.2, -0.15) is 0 Å². The van der Waals surface area contributed by atoms with Crippen LogP contribution in [0.5, 0.6) is 11.5 Å². The Labute approximate surface area is 164 Å². The van der Waals surface area contributed by atoms with E-state index in [0.29, 0.717) is 28.3 Å². The van der Waals surface area contributed by atoms with Gasteiger partial charge >= 0.3 is 0 Å². The summed E-state index contributed by atoms with van der Waals surface area (Å²) >= 11 is 0. The Kier molecular flexibility index (Phi) is 4.47. The molecule has 28 heavy (non-hydrogen) atoms. The summed E-state index contributed by atoms with van der Waals surface area (Å²) in [4.78, 5) is 27.2. The van der Waals surface area contributed by atoms with Gasteiger partial charge in [-0.3, -0.25) is 9.59 Å². The van der Waals surface area contributed by atoms with Gasteiger partial charge in [-0.25, -0.2) is 4.90 Å². The Morgan fingerprint density at radius 2 is 1.46 bits per heavy atom. The van der Waals surface area contributed by atoms with Crippen molar-refractivity contribution in [2.24, 2.45) is 0 Å². The number of aryl methyl sites for hydroxylation is 3. The summed E-state index contributed by atoms with van der Waals surface area (Å²) in [6.45, 7) is 6.07. The lowest BCUT2D eigenvalue weighted by Crippen LogP contribution is -2.30. The molecule has 4 rings (SSSR count). The molecule has 1 aliphatic heterocycles. The molecule has 0 radical (unpaired) electrons. The summed E-state index contributed by atoms with van der Waals surface area (Å²) in [5, 5.41) is 0. The highest BCUT2D eigenvalue weighted by Crippen LogP contribution is 2.34. The number of nitrogens with zero attached hydrogens (tertiary/aromatic N) is 1. The van der Waals surface area contributed by atoms with E-state index < -0.39 is 0 Å². The van der Waals surface area contributed by atoms with E-state index in [1.165, 1.54) is 10.5 Å². The largest absolute Gasteiger partial charge is 0.457 e. The van der Waals surface area contributed by atoms with Gasteiger partial charge in [0.05, 0.1) is 16.8 Å². The third kappa shape index (κ3) is 2.97. The molecule has 0 spiro atoms.